The maximum Gasteiger partial charge on any atom is 0.118 e. The molecule has 1 rings (SSSR count). The normalized spacial score (nSPS) is 10.2. The molecule has 0 spiro atoms. The summed E-state index contributed by atoms with van der Waals surface area (Å²) >= 11 is 0. The molecule has 0 saturated heterocycles. The van der Waals surface area contributed by atoms with E-state index < -0.39 is 0 Å². The lowest BCUT2D eigenvalue weighted by atomic mass is 10.2. The predicted molar refractivity (Wildman–Crippen MR) is 53.8 cm³/mol. The fraction of sp³-hybridized carbons (Fsp3) is 0.0909. The Labute approximate surface area is 77.8 Å². The van der Waals surface area contributed by atoms with Gasteiger partial charge in [0.25, 0.3) is 0 Å². The number of allylic oxidation sites excluding steroid dienone is 1. The zero-order chi connectivity index (χ0) is 9.68. The highest BCUT2D eigenvalue weighted by molar-refractivity contribution is 5.52. The van der Waals surface area contributed by atoms with Gasteiger partial charge in [-0.05, 0) is 23.8 Å². The molecule has 1 aromatic rings. The molecular weight excluding hydrogens is 164 g/mol. The molecule has 0 saturated carbocycles. The van der Waals surface area contributed by atoms with Gasteiger partial charge >= 0.3 is 0 Å². The van der Waals surface area contributed by atoms with E-state index in [-0.39, 0.29) is 5.76 Å². The van der Waals surface area contributed by atoms with E-state index in [0.717, 1.165) is 11.3 Å². The second kappa shape index (κ2) is 4.36. The van der Waals surface area contributed by atoms with E-state index in [0.29, 0.717) is 0 Å². The fourth-order valence-electron chi connectivity index (χ4n) is 0.907. The molecule has 0 aromatic heterocycles. The van der Waals surface area contributed by atoms with Crippen LogP contribution in [0.25, 0.3) is 6.08 Å². The molecule has 1 N–H and O–H groups in total. The number of aliphatic hydroxyl groups is 1. The standard InChI is InChI=1S/C11H12O2/c1-9(12)3-4-10-5-7-11(13-2)8-6-10/h3-8,12H,1H2,2H3. The van der Waals surface area contributed by atoms with E-state index >= 15 is 0 Å². The van der Waals surface area contributed by atoms with Gasteiger partial charge in [0.2, 0.25) is 0 Å². The maximum atomic E-state index is 8.81. The Hall–Kier alpha value is -1.70. The van der Waals surface area contributed by atoms with E-state index in [1.54, 1.807) is 19.3 Å². The number of methoxy groups -OCH3 is 1. The molecule has 2 heteroatoms. The van der Waals surface area contributed by atoms with Gasteiger partial charge in [-0.15, -0.1) is 0 Å². The highest BCUT2D eigenvalue weighted by Gasteiger charge is 1.89. The van der Waals surface area contributed by atoms with Crippen molar-refractivity contribution in [1.82, 2.24) is 0 Å². The number of benzene rings is 1. The van der Waals surface area contributed by atoms with Crippen LogP contribution in [0.5, 0.6) is 5.75 Å². The third-order valence-electron chi connectivity index (χ3n) is 1.58. The molecule has 0 heterocycles. The first-order chi connectivity index (χ1) is 6.22. The molecule has 13 heavy (non-hydrogen) atoms. The van der Waals surface area contributed by atoms with Gasteiger partial charge in [-0.25, -0.2) is 0 Å². The van der Waals surface area contributed by atoms with Crippen LogP contribution >= 0.6 is 0 Å². The Bertz CT molecular complexity index is 309. The Morgan fingerprint density at radius 2 is 2.00 bits per heavy atom. The number of aliphatic hydroxyl groups excluding tert-OH is 1. The van der Waals surface area contributed by atoms with Crippen LogP contribution in [0.2, 0.25) is 0 Å². The summed E-state index contributed by atoms with van der Waals surface area (Å²) in [5.74, 6) is 0.871. The molecule has 0 fully saturated rings. The molecule has 0 aliphatic rings. The summed E-state index contributed by atoms with van der Waals surface area (Å²) in [6, 6.07) is 7.52. The van der Waals surface area contributed by atoms with Crippen LogP contribution < -0.4 is 4.74 Å². The largest absolute Gasteiger partial charge is 0.509 e. The first kappa shape index (κ1) is 9.39. The summed E-state index contributed by atoms with van der Waals surface area (Å²) in [5.41, 5.74) is 0.996. The van der Waals surface area contributed by atoms with Crippen molar-refractivity contribution in [2.45, 2.75) is 0 Å². The molecule has 0 atom stereocenters. The van der Waals surface area contributed by atoms with E-state index in [1.165, 1.54) is 0 Å². The highest BCUT2D eigenvalue weighted by atomic mass is 16.5. The van der Waals surface area contributed by atoms with Crippen LogP contribution in [0, 0.1) is 0 Å². The van der Waals surface area contributed by atoms with E-state index in [4.69, 9.17) is 9.84 Å². The first-order valence-electron chi connectivity index (χ1n) is 3.92. The molecule has 0 amide bonds. The summed E-state index contributed by atoms with van der Waals surface area (Å²) in [6.45, 7) is 3.35. The minimum atomic E-state index is 0.0517. The van der Waals surface area contributed by atoms with Gasteiger partial charge in [-0.1, -0.05) is 24.8 Å². The van der Waals surface area contributed by atoms with Crippen LogP contribution in [0.1, 0.15) is 5.56 Å². The molecule has 2 nitrogen and oxygen atoms in total. The van der Waals surface area contributed by atoms with Crippen LogP contribution in [-0.2, 0) is 0 Å². The molecule has 0 aliphatic heterocycles. The van der Waals surface area contributed by atoms with E-state index in [9.17, 15) is 0 Å². The Morgan fingerprint density at radius 1 is 1.38 bits per heavy atom. The van der Waals surface area contributed by atoms with Crippen molar-refractivity contribution in [3.05, 3.63) is 48.2 Å². The molecule has 1 aromatic carbocycles. The molecule has 68 valence electrons. The number of hydrogen-bond acceptors (Lipinski definition) is 2. The summed E-state index contributed by atoms with van der Waals surface area (Å²) in [4.78, 5) is 0. The van der Waals surface area contributed by atoms with Gasteiger partial charge in [-0.3, -0.25) is 0 Å². The van der Waals surface area contributed by atoms with Crippen LogP contribution in [0.4, 0.5) is 0 Å². The molecular formula is C11H12O2. The van der Waals surface area contributed by atoms with Crippen LogP contribution in [0.15, 0.2) is 42.7 Å². The van der Waals surface area contributed by atoms with E-state index in [2.05, 4.69) is 6.58 Å². The lowest BCUT2D eigenvalue weighted by Crippen LogP contribution is -1.81. The van der Waals surface area contributed by atoms with Gasteiger partial charge in [0, 0.05) is 0 Å². The highest BCUT2D eigenvalue weighted by Crippen LogP contribution is 2.12. The summed E-state index contributed by atoms with van der Waals surface area (Å²) in [6.07, 6.45) is 3.32. The molecule has 0 bridgehead atoms. The van der Waals surface area contributed by atoms with Crippen LogP contribution in [-0.4, -0.2) is 12.2 Å². The number of hydrogen-bond donors (Lipinski definition) is 1. The SMILES string of the molecule is C=C(O)C=Cc1ccc(OC)cc1. The second-order valence-electron chi connectivity index (χ2n) is 2.60. The molecule has 0 unspecified atom stereocenters. The molecule has 0 aliphatic carbocycles. The third kappa shape index (κ3) is 3.03. The Morgan fingerprint density at radius 3 is 2.46 bits per heavy atom. The lowest BCUT2D eigenvalue weighted by molar-refractivity contribution is 0.415. The average Bonchev–Trinajstić information content (AvgIpc) is 2.15. The smallest absolute Gasteiger partial charge is 0.118 e. The van der Waals surface area contributed by atoms with Crippen LogP contribution in [0.3, 0.4) is 0 Å². The fourth-order valence-corrected chi connectivity index (χ4v) is 0.907. The van der Waals surface area contributed by atoms with Gasteiger partial charge in [0.15, 0.2) is 0 Å². The summed E-state index contributed by atoms with van der Waals surface area (Å²) in [5, 5.41) is 8.81. The topological polar surface area (TPSA) is 29.5 Å². The van der Waals surface area contributed by atoms with Crippen molar-refractivity contribution < 1.29 is 9.84 Å². The Kier molecular flexibility index (Phi) is 3.15. The maximum absolute atomic E-state index is 8.81. The lowest BCUT2D eigenvalue weighted by Gasteiger charge is -1.98. The summed E-state index contributed by atoms with van der Waals surface area (Å²) in [7, 11) is 1.63. The van der Waals surface area contributed by atoms with Crippen molar-refractivity contribution >= 4 is 6.08 Å². The number of ether oxygens (including phenoxy) is 1. The first-order valence-corrected chi connectivity index (χ1v) is 3.92. The molecule has 0 radical (unpaired) electrons. The van der Waals surface area contributed by atoms with Crippen molar-refractivity contribution in [3.8, 4) is 5.75 Å². The zero-order valence-corrected chi connectivity index (χ0v) is 7.53. The zero-order valence-electron chi connectivity index (χ0n) is 7.53. The second-order valence-corrected chi connectivity index (χ2v) is 2.60. The van der Waals surface area contributed by atoms with Crippen molar-refractivity contribution in [2.75, 3.05) is 7.11 Å². The van der Waals surface area contributed by atoms with Crippen molar-refractivity contribution in [3.63, 3.8) is 0 Å². The van der Waals surface area contributed by atoms with Crippen molar-refractivity contribution in [2.24, 2.45) is 0 Å². The van der Waals surface area contributed by atoms with Crippen molar-refractivity contribution in [1.29, 1.82) is 0 Å². The third-order valence-corrected chi connectivity index (χ3v) is 1.58. The quantitative estimate of drug-likeness (QED) is 0.566. The van der Waals surface area contributed by atoms with Gasteiger partial charge in [0.1, 0.15) is 11.5 Å². The minimum absolute atomic E-state index is 0.0517. The van der Waals surface area contributed by atoms with Gasteiger partial charge < -0.3 is 9.84 Å². The minimum Gasteiger partial charge on any atom is -0.509 e. The summed E-state index contributed by atoms with van der Waals surface area (Å²) < 4.78 is 5.00. The number of rotatable bonds is 3. The van der Waals surface area contributed by atoms with Gasteiger partial charge in [0.05, 0.1) is 7.11 Å². The van der Waals surface area contributed by atoms with E-state index in [1.807, 2.05) is 24.3 Å². The average molecular weight is 176 g/mol. The van der Waals surface area contributed by atoms with Gasteiger partial charge in [-0.2, -0.15) is 0 Å². The Balaban J connectivity index is 2.75. The monoisotopic (exact) mass is 176 g/mol. The predicted octanol–water partition coefficient (Wildman–Crippen LogP) is 2.78.